The number of nitro groups is 1. The predicted octanol–water partition coefficient (Wildman–Crippen LogP) is 3.62. The second kappa shape index (κ2) is 9.01. The summed E-state index contributed by atoms with van der Waals surface area (Å²) in [7, 11) is 1.37. The van der Waals surface area contributed by atoms with E-state index < -0.39 is 4.92 Å². The maximum Gasteiger partial charge on any atom is 0.310 e. The van der Waals surface area contributed by atoms with Crippen molar-refractivity contribution in [2.75, 3.05) is 56.2 Å². The second-order valence-electron chi connectivity index (χ2n) is 7.60. The smallest absolute Gasteiger partial charge is 0.310 e. The van der Waals surface area contributed by atoms with E-state index in [-0.39, 0.29) is 17.3 Å². The number of carbonyl (C=O) groups is 1. The molecule has 2 aromatic rings. The van der Waals surface area contributed by atoms with Gasteiger partial charge in [0.1, 0.15) is 5.00 Å². The third-order valence-electron chi connectivity index (χ3n) is 5.77. The van der Waals surface area contributed by atoms with Gasteiger partial charge in [0, 0.05) is 43.9 Å². The predicted molar refractivity (Wildman–Crippen MR) is 118 cm³/mol. The average molecular weight is 431 g/mol. The SMILES string of the molecule is COc1cc(C(=O)N2CCCN(CCN3CCCC3)c3sccc32)ccc1[N+](=O)[O-]. The van der Waals surface area contributed by atoms with E-state index in [1.807, 2.05) is 11.4 Å². The first-order valence-corrected chi connectivity index (χ1v) is 11.2. The van der Waals surface area contributed by atoms with Crippen molar-refractivity contribution < 1.29 is 14.5 Å². The second-order valence-corrected chi connectivity index (χ2v) is 8.50. The first-order chi connectivity index (χ1) is 14.6. The van der Waals surface area contributed by atoms with Gasteiger partial charge >= 0.3 is 5.69 Å². The molecule has 9 heteroatoms. The van der Waals surface area contributed by atoms with Gasteiger partial charge < -0.3 is 19.4 Å². The Morgan fingerprint density at radius 1 is 1.13 bits per heavy atom. The Morgan fingerprint density at radius 2 is 1.93 bits per heavy atom. The molecule has 1 fully saturated rings. The lowest BCUT2D eigenvalue weighted by molar-refractivity contribution is -0.385. The number of benzene rings is 1. The average Bonchev–Trinajstić information content (AvgIpc) is 3.42. The van der Waals surface area contributed by atoms with Gasteiger partial charge in [-0.2, -0.15) is 0 Å². The molecule has 1 amide bonds. The molecule has 0 unspecified atom stereocenters. The molecule has 1 saturated heterocycles. The normalized spacial score (nSPS) is 17.0. The Morgan fingerprint density at radius 3 is 2.67 bits per heavy atom. The fourth-order valence-corrected chi connectivity index (χ4v) is 5.14. The number of likely N-dealkylation sites (tertiary alicyclic amines) is 1. The van der Waals surface area contributed by atoms with Gasteiger partial charge in [0.05, 0.1) is 17.7 Å². The van der Waals surface area contributed by atoms with E-state index in [0.29, 0.717) is 12.1 Å². The molecule has 160 valence electrons. The van der Waals surface area contributed by atoms with E-state index in [4.69, 9.17) is 4.74 Å². The number of rotatable bonds is 6. The number of carbonyl (C=O) groups excluding carboxylic acids is 1. The summed E-state index contributed by atoms with van der Waals surface area (Å²) in [4.78, 5) is 30.7. The Kier molecular flexibility index (Phi) is 6.19. The lowest BCUT2D eigenvalue weighted by Gasteiger charge is -2.26. The Bertz CT molecular complexity index is 925. The van der Waals surface area contributed by atoms with Crippen molar-refractivity contribution in [3.05, 3.63) is 45.3 Å². The highest BCUT2D eigenvalue weighted by molar-refractivity contribution is 7.15. The number of nitro benzene ring substituents is 1. The summed E-state index contributed by atoms with van der Waals surface area (Å²) >= 11 is 1.66. The molecule has 0 bridgehead atoms. The minimum absolute atomic E-state index is 0.0958. The molecule has 8 nitrogen and oxygen atoms in total. The van der Waals surface area contributed by atoms with Gasteiger partial charge in [0.25, 0.3) is 5.91 Å². The number of hydrogen-bond donors (Lipinski definition) is 0. The number of thiophene rings is 1. The van der Waals surface area contributed by atoms with Crippen LogP contribution < -0.4 is 14.5 Å². The molecular weight excluding hydrogens is 404 g/mol. The summed E-state index contributed by atoms with van der Waals surface area (Å²) in [6.07, 6.45) is 3.44. The van der Waals surface area contributed by atoms with Crippen LogP contribution in [0.2, 0.25) is 0 Å². The van der Waals surface area contributed by atoms with Crippen LogP contribution in [0.5, 0.6) is 5.75 Å². The first-order valence-electron chi connectivity index (χ1n) is 10.3. The fraction of sp³-hybridized carbons (Fsp3) is 0.476. The molecule has 0 radical (unpaired) electrons. The van der Waals surface area contributed by atoms with Crippen LogP contribution in [0.15, 0.2) is 29.6 Å². The summed E-state index contributed by atoms with van der Waals surface area (Å²) in [5.74, 6) is -0.0669. The molecule has 2 aliphatic rings. The summed E-state index contributed by atoms with van der Waals surface area (Å²) in [5, 5.41) is 14.3. The van der Waals surface area contributed by atoms with Crippen LogP contribution in [0.4, 0.5) is 16.4 Å². The molecule has 30 heavy (non-hydrogen) atoms. The first kappa shape index (κ1) is 20.6. The molecule has 1 aromatic carbocycles. The zero-order valence-corrected chi connectivity index (χ0v) is 17.9. The van der Waals surface area contributed by atoms with Crippen LogP contribution in [0.25, 0.3) is 0 Å². The summed E-state index contributed by atoms with van der Waals surface area (Å²) < 4.78 is 5.14. The Labute approximate surface area is 179 Å². The molecular formula is C21H26N4O4S. The highest BCUT2D eigenvalue weighted by Gasteiger charge is 2.28. The van der Waals surface area contributed by atoms with Crippen LogP contribution in [0.3, 0.4) is 0 Å². The van der Waals surface area contributed by atoms with Gasteiger partial charge in [-0.05, 0) is 49.9 Å². The van der Waals surface area contributed by atoms with Gasteiger partial charge in [-0.25, -0.2) is 0 Å². The number of amides is 1. The van der Waals surface area contributed by atoms with E-state index >= 15 is 0 Å². The Hall–Kier alpha value is -2.65. The summed E-state index contributed by atoms with van der Waals surface area (Å²) in [6, 6.07) is 6.29. The molecule has 0 N–H and O–H groups in total. The fourth-order valence-electron chi connectivity index (χ4n) is 4.19. The van der Waals surface area contributed by atoms with Crippen LogP contribution in [0, 0.1) is 10.1 Å². The van der Waals surface area contributed by atoms with Crippen LogP contribution in [0.1, 0.15) is 29.6 Å². The van der Waals surface area contributed by atoms with E-state index in [2.05, 4.69) is 9.80 Å². The lowest BCUT2D eigenvalue weighted by Crippen LogP contribution is -2.33. The molecule has 0 saturated carbocycles. The highest BCUT2D eigenvalue weighted by Crippen LogP contribution is 2.39. The maximum absolute atomic E-state index is 13.3. The minimum Gasteiger partial charge on any atom is -0.490 e. The highest BCUT2D eigenvalue weighted by atomic mass is 32.1. The number of anilines is 2. The van der Waals surface area contributed by atoms with E-state index in [1.54, 1.807) is 16.2 Å². The molecule has 0 spiro atoms. The van der Waals surface area contributed by atoms with Crippen molar-refractivity contribution in [1.29, 1.82) is 0 Å². The zero-order valence-electron chi connectivity index (χ0n) is 17.1. The van der Waals surface area contributed by atoms with Gasteiger partial charge in [0.2, 0.25) is 0 Å². The third-order valence-corrected chi connectivity index (χ3v) is 6.73. The van der Waals surface area contributed by atoms with Crippen molar-refractivity contribution >= 4 is 33.6 Å². The number of nitrogens with zero attached hydrogens (tertiary/aromatic N) is 4. The van der Waals surface area contributed by atoms with Crippen molar-refractivity contribution in [1.82, 2.24) is 4.90 Å². The van der Waals surface area contributed by atoms with E-state index in [9.17, 15) is 14.9 Å². The maximum atomic E-state index is 13.3. The van der Waals surface area contributed by atoms with Crippen molar-refractivity contribution in [3.8, 4) is 5.75 Å². The Balaban J connectivity index is 1.55. The van der Waals surface area contributed by atoms with Crippen molar-refractivity contribution in [2.45, 2.75) is 19.3 Å². The largest absolute Gasteiger partial charge is 0.490 e. The topological polar surface area (TPSA) is 79.2 Å². The van der Waals surface area contributed by atoms with Gasteiger partial charge in [-0.15, -0.1) is 11.3 Å². The molecule has 0 atom stereocenters. The van der Waals surface area contributed by atoms with Crippen LogP contribution in [-0.4, -0.2) is 62.1 Å². The number of fused-ring (bicyclic) bond motifs is 1. The van der Waals surface area contributed by atoms with Crippen molar-refractivity contribution in [2.24, 2.45) is 0 Å². The van der Waals surface area contributed by atoms with Crippen LogP contribution >= 0.6 is 11.3 Å². The quantitative estimate of drug-likeness (QED) is 0.515. The number of hydrogen-bond acceptors (Lipinski definition) is 7. The van der Waals surface area contributed by atoms with Gasteiger partial charge in [-0.3, -0.25) is 14.9 Å². The minimum atomic E-state index is -0.506. The molecule has 4 rings (SSSR count). The summed E-state index contributed by atoms with van der Waals surface area (Å²) in [5.41, 5.74) is 1.16. The third kappa shape index (κ3) is 4.13. The molecule has 1 aromatic heterocycles. The standard InChI is InChI=1S/C21H26N4O4S/c1-29-19-15-16(5-6-17(19)25(27)28)20(26)24-11-4-10-23(21-18(24)7-14-30-21)13-12-22-8-2-3-9-22/h5-7,14-15H,2-4,8-13H2,1H3. The van der Waals surface area contributed by atoms with Gasteiger partial charge in [-0.1, -0.05) is 0 Å². The number of ether oxygens (including phenoxy) is 1. The monoisotopic (exact) mass is 430 g/mol. The summed E-state index contributed by atoms with van der Waals surface area (Å²) in [6.45, 7) is 5.89. The van der Waals surface area contributed by atoms with Crippen LogP contribution in [-0.2, 0) is 0 Å². The lowest BCUT2D eigenvalue weighted by atomic mass is 10.1. The van der Waals surface area contributed by atoms with E-state index in [1.165, 1.54) is 51.2 Å². The molecule has 3 heterocycles. The number of methoxy groups -OCH3 is 1. The van der Waals surface area contributed by atoms with Gasteiger partial charge in [0.15, 0.2) is 5.75 Å². The van der Waals surface area contributed by atoms with E-state index in [0.717, 1.165) is 36.7 Å². The molecule has 0 aliphatic carbocycles. The van der Waals surface area contributed by atoms with Crippen molar-refractivity contribution in [3.63, 3.8) is 0 Å². The molecule has 2 aliphatic heterocycles. The zero-order chi connectivity index (χ0) is 21.1.